The van der Waals surface area contributed by atoms with E-state index in [-0.39, 0.29) is 0 Å². The van der Waals surface area contributed by atoms with Gasteiger partial charge in [-0.05, 0) is 50.1 Å². The molecule has 0 saturated carbocycles. The third-order valence-corrected chi connectivity index (χ3v) is 6.90. The Hall–Kier alpha value is -4.28. The Morgan fingerprint density at radius 2 is 1.95 bits per heavy atom. The van der Waals surface area contributed by atoms with Crippen LogP contribution in [0.4, 0.5) is 16.4 Å². The number of aromatic nitrogens is 2. The van der Waals surface area contributed by atoms with Gasteiger partial charge in [0.2, 0.25) is 6.33 Å². The van der Waals surface area contributed by atoms with Gasteiger partial charge in [0.15, 0.2) is 5.00 Å². The van der Waals surface area contributed by atoms with Crippen LogP contribution in [0.25, 0.3) is 0 Å². The molecule has 0 aliphatic heterocycles. The average Bonchev–Trinajstić information content (AvgIpc) is 3.44. The lowest BCUT2D eigenvalue weighted by molar-refractivity contribution is -0.671. The number of aliphatic imine (C=N–C) groups is 1. The van der Waals surface area contributed by atoms with E-state index in [1.807, 2.05) is 56.3 Å². The van der Waals surface area contributed by atoms with Gasteiger partial charge in [0.05, 0.1) is 31.2 Å². The second-order valence-electron chi connectivity index (χ2n) is 8.53. The number of aryl methyl sites for hydroxylation is 2. The van der Waals surface area contributed by atoms with Crippen molar-refractivity contribution in [3.8, 4) is 12.1 Å². The quantitative estimate of drug-likeness (QED) is 0.153. The van der Waals surface area contributed by atoms with Crippen molar-refractivity contribution in [2.75, 3.05) is 31.6 Å². The Bertz CT molecular complexity index is 1370. The summed E-state index contributed by atoms with van der Waals surface area (Å²) in [6, 6.07) is 10.4. The molecular weight excluding hydrogens is 482 g/mol. The van der Waals surface area contributed by atoms with Gasteiger partial charge in [-0.15, -0.1) is 21.6 Å². The predicted molar refractivity (Wildman–Crippen MR) is 148 cm³/mol. The number of anilines is 1. The highest BCUT2D eigenvalue weighted by Gasteiger charge is 2.15. The monoisotopic (exact) mass is 514 g/mol. The number of hydrogen-bond acceptors (Lipinski definition) is 7. The topological polar surface area (TPSA) is 99.9 Å². The van der Waals surface area contributed by atoms with E-state index >= 15 is 0 Å². The van der Waals surface area contributed by atoms with Crippen molar-refractivity contribution in [1.82, 2.24) is 9.47 Å². The summed E-state index contributed by atoms with van der Waals surface area (Å²) in [7, 11) is 3.79. The van der Waals surface area contributed by atoms with E-state index in [2.05, 4.69) is 66.4 Å². The van der Waals surface area contributed by atoms with Crippen molar-refractivity contribution in [3.05, 3.63) is 70.8 Å². The fourth-order valence-electron chi connectivity index (χ4n) is 3.84. The maximum atomic E-state index is 9.47. The SMILES string of the molecule is C/C=C\N(C=NC)CCN(CCn1cc[n+](C)c1)c1ccc(N=Nc2sc(C#N)c(C)c2C#N)c(C)c1. The highest BCUT2D eigenvalue weighted by molar-refractivity contribution is 7.16. The first-order chi connectivity index (χ1) is 17.9. The third-order valence-electron chi connectivity index (χ3n) is 5.82. The van der Waals surface area contributed by atoms with E-state index in [4.69, 9.17) is 0 Å². The van der Waals surface area contributed by atoms with Gasteiger partial charge in [-0.25, -0.2) is 9.13 Å². The summed E-state index contributed by atoms with van der Waals surface area (Å²) in [5, 5.41) is 27.9. The summed E-state index contributed by atoms with van der Waals surface area (Å²) in [5.41, 5.74) is 3.86. The molecular formula is C27H32N9S+. The van der Waals surface area contributed by atoms with E-state index < -0.39 is 0 Å². The fourth-order valence-corrected chi connectivity index (χ4v) is 4.72. The largest absolute Gasteiger partial charge is 0.366 e. The van der Waals surface area contributed by atoms with Crippen molar-refractivity contribution in [2.45, 2.75) is 27.3 Å². The molecule has 37 heavy (non-hydrogen) atoms. The first kappa shape index (κ1) is 27.3. The van der Waals surface area contributed by atoms with Crippen LogP contribution in [0.15, 0.2) is 64.4 Å². The van der Waals surface area contributed by atoms with Crippen LogP contribution in [0.1, 0.15) is 28.5 Å². The molecule has 2 aromatic heterocycles. The Morgan fingerprint density at radius 3 is 2.57 bits per heavy atom. The normalized spacial score (nSPS) is 11.4. The van der Waals surface area contributed by atoms with E-state index in [9.17, 15) is 10.5 Å². The lowest BCUT2D eigenvalue weighted by Crippen LogP contribution is -2.35. The van der Waals surface area contributed by atoms with Gasteiger partial charge >= 0.3 is 0 Å². The van der Waals surface area contributed by atoms with Gasteiger partial charge in [0, 0.05) is 32.0 Å². The molecule has 0 spiro atoms. The Kier molecular flexibility index (Phi) is 9.70. The molecule has 190 valence electrons. The fraction of sp³-hybridized carbons (Fsp3) is 0.333. The van der Waals surface area contributed by atoms with Crippen LogP contribution in [-0.2, 0) is 13.6 Å². The molecule has 1 aromatic carbocycles. The standard InChI is InChI=1S/C27H32N9S/c1-6-9-34(19-30-4)12-14-36(15-13-35-11-10-33(5)20-35)23-7-8-25(21(2)16-23)31-32-27-24(17-28)22(3)26(18-29)37-27/h6-11,16,19-20H,12-15H2,1-5H3/q+1/b9-6-,30-19?,32-31?. The molecule has 9 nitrogen and oxygen atoms in total. The number of rotatable bonds is 11. The molecule has 0 bridgehead atoms. The number of azo groups is 1. The van der Waals surface area contributed by atoms with Crippen LogP contribution in [0, 0.1) is 36.5 Å². The van der Waals surface area contributed by atoms with Gasteiger partial charge in [0.25, 0.3) is 0 Å². The van der Waals surface area contributed by atoms with Gasteiger partial charge in [0.1, 0.15) is 36.0 Å². The van der Waals surface area contributed by atoms with Gasteiger partial charge < -0.3 is 9.80 Å². The summed E-state index contributed by atoms with van der Waals surface area (Å²) in [6.07, 6.45) is 12.0. The zero-order valence-electron chi connectivity index (χ0n) is 22.0. The van der Waals surface area contributed by atoms with Crippen molar-refractivity contribution in [2.24, 2.45) is 22.3 Å². The smallest absolute Gasteiger partial charge is 0.243 e. The lowest BCUT2D eigenvalue weighted by Gasteiger charge is -2.27. The Balaban J connectivity index is 1.83. The summed E-state index contributed by atoms with van der Waals surface area (Å²) < 4.78 is 4.21. The van der Waals surface area contributed by atoms with Gasteiger partial charge in [-0.3, -0.25) is 4.99 Å². The highest BCUT2D eigenvalue weighted by Crippen LogP contribution is 2.36. The van der Waals surface area contributed by atoms with Crippen LogP contribution in [0.3, 0.4) is 0 Å². The van der Waals surface area contributed by atoms with E-state index in [1.54, 1.807) is 14.0 Å². The number of imidazole rings is 1. The lowest BCUT2D eigenvalue weighted by atomic mass is 10.1. The number of allylic oxidation sites excluding steroid dienone is 1. The number of hydrogen-bond donors (Lipinski definition) is 0. The number of benzene rings is 1. The molecule has 0 aliphatic rings. The average molecular weight is 515 g/mol. The van der Waals surface area contributed by atoms with Crippen LogP contribution in [0.2, 0.25) is 0 Å². The van der Waals surface area contributed by atoms with Crippen molar-refractivity contribution in [1.29, 1.82) is 10.5 Å². The molecule has 0 N–H and O–H groups in total. The molecule has 10 heteroatoms. The molecule has 0 atom stereocenters. The highest BCUT2D eigenvalue weighted by atomic mass is 32.1. The minimum atomic E-state index is 0.408. The van der Waals surface area contributed by atoms with Gasteiger partial charge in [-0.1, -0.05) is 6.08 Å². The summed E-state index contributed by atoms with van der Waals surface area (Å²) in [6.45, 7) is 9.04. The van der Waals surface area contributed by atoms with Crippen LogP contribution in [0.5, 0.6) is 0 Å². The molecule has 0 unspecified atom stereocenters. The molecule has 2 heterocycles. The zero-order chi connectivity index (χ0) is 26.8. The summed E-state index contributed by atoms with van der Waals surface area (Å²) >= 11 is 1.19. The van der Waals surface area contributed by atoms with Crippen LogP contribution < -0.4 is 9.47 Å². The maximum absolute atomic E-state index is 9.47. The molecule has 3 rings (SSSR count). The van der Waals surface area contributed by atoms with Gasteiger partial charge in [-0.2, -0.15) is 10.5 Å². The maximum Gasteiger partial charge on any atom is 0.243 e. The number of nitriles is 2. The minimum absolute atomic E-state index is 0.408. The minimum Gasteiger partial charge on any atom is -0.366 e. The van der Waals surface area contributed by atoms with Crippen LogP contribution in [-0.4, -0.2) is 42.5 Å². The third kappa shape index (κ3) is 7.12. The second kappa shape index (κ2) is 13.1. The number of nitrogens with zero attached hydrogens (tertiary/aromatic N) is 9. The van der Waals surface area contributed by atoms with E-state index in [0.29, 0.717) is 21.0 Å². The molecule has 0 aliphatic carbocycles. The Labute approximate surface area is 222 Å². The molecule has 3 aromatic rings. The molecule has 0 saturated heterocycles. The second-order valence-corrected chi connectivity index (χ2v) is 9.53. The van der Waals surface area contributed by atoms with Crippen molar-refractivity contribution in [3.63, 3.8) is 0 Å². The summed E-state index contributed by atoms with van der Waals surface area (Å²) in [4.78, 5) is 9.08. The Morgan fingerprint density at radius 1 is 1.14 bits per heavy atom. The molecule has 0 amide bonds. The predicted octanol–water partition coefficient (Wildman–Crippen LogP) is 5.15. The molecule has 0 fully saturated rings. The molecule has 0 radical (unpaired) electrons. The zero-order valence-corrected chi connectivity index (χ0v) is 22.8. The van der Waals surface area contributed by atoms with E-state index in [0.717, 1.165) is 43.1 Å². The first-order valence-corrected chi connectivity index (χ1v) is 12.7. The first-order valence-electron chi connectivity index (χ1n) is 11.9. The van der Waals surface area contributed by atoms with Crippen molar-refractivity contribution >= 4 is 34.1 Å². The summed E-state index contributed by atoms with van der Waals surface area (Å²) in [5.74, 6) is 0. The van der Waals surface area contributed by atoms with E-state index in [1.165, 1.54) is 11.3 Å². The van der Waals surface area contributed by atoms with Crippen molar-refractivity contribution < 1.29 is 4.57 Å². The van der Waals surface area contributed by atoms with Crippen LogP contribution >= 0.6 is 11.3 Å². The number of thiophene rings is 1.